The minimum Gasteiger partial charge on any atom is -0.403 e. The van der Waals surface area contributed by atoms with Crippen molar-refractivity contribution in [3.8, 4) is 5.75 Å². The Morgan fingerprint density at radius 1 is 1.40 bits per heavy atom. The molecule has 1 N–H and O–H groups in total. The number of piperazine rings is 1. The number of rotatable bonds is 3. The van der Waals surface area contributed by atoms with Crippen LogP contribution in [0.3, 0.4) is 0 Å². The summed E-state index contributed by atoms with van der Waals surface area (Å²) in [5.41, 5.74) is 0.209. The van der Waals surface area contributed by atoms with Crippen LogP contribution < -0.4 is 10.1 Å². The molecule has 0 amide bonds. The van der Waals surface area contributed by atoms with Crippen molar-refractivity contribution in [1.29, 1.82) is 0 Å². The highest BCUT2D eigenvalue weighted by atomic mass is 19.4. The highest BCUT2D eigenvalue weighted by molar-refractivity contribution is 5.31. The van der Waals surface area contributed by atoms with Gasteiger partial charge in [-0.3, -0.25) is 4.90 Å². The molecular formula is C13H16F4N2O. The summed E-state index contributed by atoms with van der Waals surface area (Å²) in [5, 5.41) is 3.20. The molecule has 0 aromatic heterocycles. The van der Waals surface area contributed by atoms with Gasteiger partial charge >= 0.3 is 6.36 Å². The maximum Gasteiger partial charge on any atom is 0.573 e. The Kier molecular flexibility index (Phi) is 4.49. The Balaban J connectivity index is 2.14. The predicted molar refractivity (Wildman–Crippen MR) is 65.8 cm³/mol. The van der Waals surface area contributed by atoms with Gasteiger partial charge in [0.15, 0.2) is 11.6 Å². The van der Waals surface area contributed by atoms with E-state index < -0.39 is 17.9 Å². The molecule has 3 nitrogen and oxygen atoms in total. The Morgan fingerprint density at radius 2 is 2.15 bits per heavy atom. The summed E-state index contributed by atoms with van der Waals surface area (Å²) in [7, 11) is 0. The van der Waals surface area contributed by atoms with Gasteiger partial charge in [0.1, 0.15) is 0 Å². The molecule has 0 bridgehead atoms. The van der Waals surface area contributed by atoms with E-state index in [0.717, 1.165) is 25.7 Å². The van der Waals surface area contributed by atoms with Gasteiger partial charge in [-0.1, -0.05) is 12.1 Å². The largest absolute Gasteiger partial charge is 0.573 e. The van der Waals surface area contributed by atoms with Crippen molar-refractivity contribution in [1.82, 2.24) is 10.2 Å². The van der Waals surface area contributed by atoms with Crippen LogP contribution in [0, 0.1) is 5.82 Å². The molecule has 0 aliphatic carbocycles. The summed E-state index contributed by atoms with van der Waals surface area (Å²) < 4.78 is 54.2. The SMILES string of the molecule is C[C@H]1CNCCN1Cc1cccc(OC(F)(F)F)c1F. The third-order valence-electron chi connectivity index (χ3n) is 3.28. The van der Waals surface area contributed by atoms with Crippen LogP contribution in [0.4, 0.5) is 17.6 Å². The van der Waals surface area contributed by atoms with Gasteiger partial charge in [-0.15, -0.1) is 13.2 Å². The molecule has 1 fully saturated rings. The Bertz CT molecular complexity index is 464. The van der Waals surface area contributed by atoms with E-state index in [9.17, 15) is 17.6 Å². The van der Waals surface area contributed by atoms with Gasteiger partial charge in [-0.25, -0.2) is 4.39 Å². The molecule has 20 heavy (non-hydrogen) atoms. The molecule has 0 saturated carbocycles. The zero-order chi connectivity index (χ0) is 14.8. The summed E-state index contributed by atoms with van der Waals surface area (Å²) in [6.07, 6.45) is -4.89. The average molecular weight is 292 g/mol. The number of benzene rings is 1. The second kappa shape index (κ2) is 5.97. The molecule has 1 aromatic carbocycles. The van der Waals surface area contributed by atoms with Crippen LogP contribution in [0.5, 0.6) is 5.75 Å². The number of nitrogens with one attached hydrogen (secondary N) is 1. The molecule has 1 aromatic rings. The normalized spacial score (nSPS) is 20.9. The minimum absolute atomic E-state index is 0.204. The molecule has 2 rings (SSSR count). The first kappa shape index (κ1) is 15.1. The van der Waals surface area contributed by atoms with Crippen LogP contribution in [0.1, 0.15) is 12.5 Å². The third kappa shape index (κ3) is 3.83. The lowest BCUT2D eigenvalue weighted by atomic mass is 10.1. The lowest BCUT2D eigenvalue weighted by Gasteiger charge is -2.34. The van der Waals surface area contributed by atoms with Crippen molar-refractivity contribution in [2.75, 3.05) is 19.6 Å². The van der Waals surface area contributed by atoms with E-state index in [4.69, 9.17) is 0 Å². The Labute approximate surface area is 114 Å². The molecule has 0 radical (unpaired) electrons. The molecule has 112 valence electrons. The van der Waals surface area contributed by atoms with Crippen molar-refractivity contribution >= 4 is 0 Å². The predicted octanol–water partition coefficient (Wildman–Crippen LogP) is 2.52. The van der Waals surface area contributed by atoms with Gasteiger partial charge < -0.3 is 10.1 Å². The first-order valence-corrected chi connectivity index (χ1v) is 6.35. The highest BCUT2D eigenvalue weighted by Crippen LogP contribution is 2.28. The van der Waals surface area contributed by atoms with Gasteiger partial charge in [0.05, 0.1) is 0 Å². The van der Waals surface area contributed by atoms with E-state index in [-0.39, 0.29) is 18.2 Å². The summed E-state index contributed by atoms with van der Waals surface area (Å²) >= 11 is 0. The lowest BCUT2D eigenvalue weighted by Crippen LogP contribution is -2.49. The molecule has 1 atom stereocenters. The molecule has 1 saturated heterocycles. The lowest BCUT2D eigenvalue weighted by molar-refractivity contribution is -0.275. The van der Waals surface area contributed by atoms with Gasteiger partial charge in [-0.05, 0) is 13.0 Å². The summed E-state index contributed by atoms with van der Waals surface area (Å²) in [6.45, 7) is 4.54. The van der Waals surface area contributed by atoms with Crippen LogP contribution >= 0.6 is 0 Å². The Morgan fingerprint density at radius 3 is 2.80 bits per heavy atom. The van der Waals surface area contributed by atoms with E-state index in [1.54, 1.807) is 0 Å². The minimum atomic E-state index is -4.89. The number of halogens is 4. The topological polar surface area (TPSA) is 24.5 Å². The summed E-state index contributed by atoms with van der Waals surface area (Å²) in [4.78, 5) is 2.02. The zero-order valence-electron chi connectivity index (χ0n) is 11.0. The third-order valence-corrected chi connectivity index (χ3v) is 3.28. The van der Waals surface area contributed by atoms with Crippen LogP contribution in [0.2, 0.25) is 0 Å². The summed E-state index contributed by atoms with van der Waals surface area (Å²) in [5.74, 6) is -1.73. The molecule has 1 aliphatic heterocycles. The van der Waals surface area contributed by atoms with Crippen molar-refractivity contribution < 1.29 is 22.3 Å². The van der Waals surface area contributed by atoms with Gasteiger partial charge in [0, 0.05) is 37.8 Å². The van der Waals surface area contributed by atoms with E-state index in [1.807, 2.05) is 11.8 Å². The van der Waals surface area contributed by atoms with E-state index in [1.165, 1.54) is 12.1 Å². The number of hydrogen-bond donors (Lipinski definition) is 1. The monoisotopic (exact) mass is 292 g/mol. The maximum absolute atomic E-state index is 14.0. The van der Waals surface area contributed by atoms with Gasteiger partial charge in [-0.2, -0.15) is 0 Å². The van der Waals surface area contributed by atoms with Gasteiger partial charge in [0.2, 0.25) is 0 Å². The number of ether oxygens (including phenoxy) is 1. The molecular weight excluding hydrogens is 276 g/mol. The molecule has 7 heteroatoms. The Hall–Kier alpha value is -1.34. The first-order chi connectivity index (χ1) is 9.37. The van der Waals surface area contributed by atoms with E-state index >= 15 is 0 Å². The zero-order valence-corrected chi connectivity index (χ0v) is 11.0. The van der Waals surface area contributed by atoms with E-state index in [0.29, 0.717) is 0 Å². The fourth-order valence-electron chi connectivity index (χ4n) is 2.22. The van der Waals surface area contributed by atoms with Crippen molar-refractivity contribution in [2.24, 2.45) is 0 Å². The number of nitrogens with zero attached hydrogens (tertiary/aromatic N) is 1. The molecule has 1 aliphatic rings. The first-order valence-electron chi connectivity index (χ1n) is 6.35. The number of alkyl halides is 3. The second-order valence-corrected chi connectivity index (χ2v) is 4.80. The highest BCUT2D eigenvalue weighted by Gasteiger charge is 2.33. The summed E-state index contributed by atoms with van der Waals surface area (Å²) in [6, 6.07) is 4.03. The van der Waals surface area contributed by atoms with Crippen LogP contribution in [0.25, 0.3) is 0 Å². The van der Waals surface area contributed by atoms with Crippen molar-refractivity contribution in [3.63, 3.8) is 0 Å². The second-order valence-electron chi connectivity index (χ2n) is 4.80. The average Bonchev–Trinajstić information content (AvgIpc) is 2.35. The van der Waals surface area contributed by atoms with E-state index in [2.05, 4.69) is 10.1 Å². The molecule has 0 unspecified atom stereocenters. The fraction of sp³-hybridized carbons (Fsp3) is 0.538. The quantitative estimate of drug-likeness (QED) is 0.866. The van der Waals surface area contributed by atoms with Crippen molar-refractivity contribution in [3.05, 3.63) is 29.6 Å². The fourth-order valence-corrected chi connectivity index (χ4v) is 2.22. The molecule has 1 heterocycles. The molecule has 0 spiro atoms. The smallest absolute Gasteiger partial charge is 0.403 e. The number of hydrogen-bond acceptors (Lipinski definition) is 3. The van der Waals surface area contributed by atoms with Crippen molar-refractivity contribution in [2.45, 2.75) is 25.9 Å². The van der Waals surface area contributed by atoms with Crippen LogP contribution in [0.15, 0.2) is 18.2 Å². The standard InChI is InChI=1S/C13H16F4N2O/c1-9-7-18-5-6-19(9)8-10-3-2-4-11(12(10)14)20-13(15,16)17/h2-4,9,18H,5-8H2,1H3/t9-/m0/s1. The van der Waals surface area contributed by atoms with Gasteiger partial charge in [0.25, 0.3) is 0 Å². The van der Waals surface area contributed by atoms with Crippen LogP contribution in [-0.4, -0.2) is 36.9 Å². The maximum atomic E-state index is 14.0. The van der Waals surface area contributed by atoms with Crippen LogP contribution in [-0.2, 0) is 6.54 Å².